The molecular weight excluding hydrogens is 254 g/mol. The van der Waals surface area contributed by atoms with Gasteiger partial charge in [0.15, 0.2) is 0 Å². The van der Waals surface area contributed by atoms with Crippen LogP contribution >= 0.6 is 0 Å². The maximum absolute atomic E-state index is 11.1. The lowest BCUT2D eigenvalue weighted by Gasteiger charge is -2.32. The molecule has 110 valence electrons. The van der Waals surface area contributed by atoms with Gasteiger partial charge in [-0.25, -0.2) is 0 Å². The van der Waals surface area contributed by atoms with Crippen LogP contribution in [-0.2, 0) is 0 Å². The molecule has 0 aliphatic carbocycles. The summed E-state index contributed by atoms with van der Waals surface area (Å²) in [5, 5.41) is 14.4. The third kappa shape index (κ3) is 3.48. The van der Waals surface area contributed by atoms with Crippen molar-refractivity contribution >= 4 is 11.4 Å². The SMILES string of the molecule is Cc1cccc(NCC(C)N2CCCCC2)c1[N+](=O)[O-]. The first-order valence-electron chi connectivity index (χ1n) is 7.31. The number of benzene rings is 1. The normalized spacial score (nSPS) is 17.7. The van der Waals surface area contributed by atoms with Crippen LogP contribution in [0.15, 0.2) is 18.2 Å². The molecule has 5 nitrogen and oxygen atoms in total. The smallest absolute Gasteiger partial charge is 0.295 e. The van der Waals surface area contributed by atoms with E-state index in [1.54, 1.807) is 19.1 Å². The number of nitrogens with zero attached hydrogens (tertiary/aromatic N) is 2. The van der Waals surface area contributed by atoms with E-state index < -0.39 is 0 Å². The topological polar surface area (TPSA) is 58.4 Å². The maximum atomic E-state index is 11.1. The molecule has 5 heteroatoms. The predicted octanol–water partition coefficient (Wildman–Crippen LogP) is 3.19. The van der Waals surface area contributed by atoms with Crippen LogP contribution in [0.3, 0.4) is 0 Å². The van der Waals surface area contributed by atoms with Crippen LogP contribution in [0.25, 0.3) is 0 Å². The van der Waals surface area contributed by atoms with Crippen LogP contribution in [0.1, 0.15) is 31.7 Å². The maximum Gasteiger partial charge on any atom is 0.295 e. The second-order valence-electron chi connectivity index (χ2n) is 5.55. The number of nitrogens with one attached hydrogen (secondary N) is 1. The highest BCUT2D eigenvalue weighted by molar-refractivity contribution is 5.65. The Hall–Kier alpha value is -1.62. The number of para-hydroxylation sites is 1. The number of likely N-dealkylation sites (tertiary alicyclic amines) is 1. The van der Waals surface area contributed by atoms with E-state index in [9.17, 15) is 10.1 Å². The fourth-order valence-corrected chi connectivity index (χ4v) is 2.79. The van der Waals surface area contributed by atoms with Gasteiger partial charge < -0.3 is 5.32 Å². The van der Waals surface area contributed by atoms with E-state index in [1.807, 2.05) is 6.07 Å². The molecule has 1 atom stereocenters. The van der Waals surface area contributed by atoms with Crippen molar-refractivity contribution in [2.45, 2.75) is 39.2 Å². The summed E-state index contributed by atoms with van der Waals surface area (Å²) in [6, 6.07) is 5.82. The molecule has 0 spiro atoms. The molecule has 0 radical (unpaired) electrons. The fraction of sp³-hybridized carbons (Fsp3) is 0.600. The molecule has 0 bridgehead atoms. The van der Waals surface area contributed by atoms with Crippen LogP contribution in [0.5, 0.6) is 0 Å². The molecule has 1 fully saturated rings. The van der Waals surface area contributed by atoms with Crippen molar-refractivity contribution in [1.29, 1.82) is 0 Å². The summed E-state index contributed by atoms with van der Waals surface area (Å²) in [6.45, 7) is 6.97. The van der Waals surface area contributed by atoms with Gasteiger partial charge in [-0.2, -0.15) is 0 Å². The Kier molecular flexibility index (Phi) is 4.95. The first-order chi connectivity index (χ1) is 9.59. The van der Waals surface area contributed by atoms with Crippen molar-refractivity contribution < 1.29 is 4.92 Å². The molecule has 1 aliphatic rings. The standard InChI is InChI=1S/C15H23N3O2/c1-12-7-6-8-14(15(12)18(19)20)16-11-13(2)17-9-4-3-5-10-17/h6-8,13,16H,3-5,9-11H2,1-2H3. The van der Waals surface area contributed by atoms with Gasteiger partial charge in [0, 0.05) is 18.2 Å². The summed E-state index contributed by atoms with van der Waals surface area (Å²) in [4.78, 5) is 13.3. The van der Waals surface area contributed by atoms with Crippen molar-refractivity contribution in [1.82, 2.24) is 4.90 Å². The number of anilines is 1. The van der Waals surface area contributed by atoms with Gasteiger partial charge in [0.25, 0.3) is 5.69 Å². The van der Waals surface area contributed by atoms with Crippen LogP contribution in [0, 0.1) is 17.0 Å². The molecular formula is C15H23N3O2. The molecule has 2 rings (SSSR count). The number of hydrogen-bond donors (Lipinski definition) is 1. The van der Waals surface area contributed by atoms with Crippen molar-refractivity contribution in [2.75, 3.05) is 25.0 Å². The monoisotopic (exact) mass is 277 g/mol. The lowest BCUT2D eigenvalue weighted by molar-refractivity contribution is -0.384. The number of rotatable bonds is 5. The van der Waals surface area contributed by atoms with Gasteiger partial charge in [-0.15, -0.1) is 0 Å². The number of piperidine rings is 1. The van der Waals surface area contributed by atoms with E-state index in [0.717, 1.165) is 19.6 Å². The van der Waals surface area contributed by atoms with Crippen LogP contribution in [0.2, 0.25) is 0 Å². The zero-order chi connectivity index (χ0) is 14.5. The Bertz CT molecular complexity index is 470. The molecule has 1 unspecified atom stereocenters. The predicted molar refractivity (Wildman–Crippen MR) is 81.2 cm³/mol. The molecule has 1 aromatic carbocycles. The number of hydrogen-bond acceptors (Lipinski definition) is 4. The largest absolute Gasteiger partial charge is 0.378 e. The molecule has 1 aromatic rings. The van der Waals surface area contributed by atoms with Crippen molar-refractivity contribution in [2.24, 2.45) is 0 Å². The average Bonchev–Trinajstić information content (AvgIpc) is 2.45. The Balaban J connectivity index is 2.00. The highest BCUT2D eigenvalue weighted by Gasteiger charge is 2.19. The van der Waals surface area contributed by atoms with E-state index >= 15 is 0 Å². The van der Waals surface area contributed by atoms with Crippen LogP contribution in [-0.4, -0.2) is 35.5 Å². The molecule has 0 saturated carbocycles. The fourth-order valence-electron chi connectivity index (χ4n) is 2.79. The van der Waals surface area contributed by atoms with Crippen LogP contribution < -0.4 is 5.32 Å². The van der Waals surface area contributed by atoms with Crippen molar-refractivity contribution in [3.05, 3.63) is 33.9 Å². The van der Waals surface area contributed by atoms with Gasteiger partial charge in [0.05, 0.1) is 4.92 Å². The quantitative estimate of drug-likeness (QED) is 0.663. The lowest BCUT2D eigenvalue weighted by atomic mass is 10.1. The molecule has 1 heterocycles. The van der Waals surface area contributed by atoms with Crippen molar-refractivity contribution in [3.8, 4) is 0 Å². The summed E-state index contributed by atoms with van der Waals surface area (Å²) in [6.07, 6.45) is 3.84. The van der Waals surface area contributed by atoms with Crippen molar-refractivity contribution in [3.63, 3.8) is 0 Å². The highest BCUT2D eigenvalue weighted by atomic mass is 16.6. The molecule has 1 N–H and O–H groups in total. The Morgan fingerprint density at radius 1 is 1.35 bits per heavy atom. The third-order valence-electron chi connectivity index (χ3n) is 4.02. The molecule has 0 amide bonds. The number of nitro groups is 1. The van der Waals surface area contributed by atoms with Gasteiger partial charge in [-0.3, -0.25) is 15.0 Å². The van der Waals surface area contributed by atoms with Gasteiger partial charge >= 0.3 is 0 Å². The molecule has 20 heavy (non-hydrogen) atoms. The average molecular weight is 277 g/mol. The van der Waals surface area contributed by atoms with E-state index in [-0.39, 0.29) is 10.6 Å². The summed E-state index contributed by atoms with van der Waals surface area (Å²) in [5.41, 5.74) is 1.52. The molecule has 0 aromatic heterocycles. The number of nitro benzene ring substituents is 1. The zero-order valence-electron chi connectivity index (χ0n) is 12.3. The minimum absolute atomic E-state index is 0.193. The summed E-state index contributed by atoms with van der Waals surface area (Å²) >= 11 is 0. The summed E-state index contributed by atoms with van der Waals surface area (Å²) in [5.74, 6) is 0. The van der Waals surface area contributed by atoms with E-state index in [4.69, 9.17) is 0 Å². The Labute approximate surface area is 120 Å². The summed E-state index contributed by atoms with van der Waals surface area (Å²) < 4.78 is 0. The lowest BCUT2D eigenvalue weighted by Crippen LogP contribution is -2.41. The molecule has 1 saturated heterocycles. The first-order valence-corrected chi connectivity index (χ1v) is 7.31. The van der Waals surface area contributed by atoms with Gasteiger partial charge in [0.2, 0.25) is 0 Å². The highest BCUT2D eigenvalue weighted by Crippen LogP contribution is 2.28. The second-order valence-corrected chi connectivity index (χ2v) is 5.55. The minimum atomic E-state index is -0.302. The minimum Gasteiger partial charge on any atom is -0.378 e. The van der Waals surface area contributed by atoms with Crippen LogP contribution in [0.4, 0.5) is 11.4 Å². The summed E-state index contributed by atoms with van der Waals surface area (Å²) in [7, 11) is 0. The Morgan fingerprint density at radius 3 is 2.70 bits per heavy atom. The molecule has 1 aliphatic heterocycles. The zero-order valence-corrected chi connectivity index (χ0v) is 12.3. The first kappa shape index (κ1) is 14.8. The van der Waals surface area contributed by atoms with E-state index in [2.05, 4.69) is 17.1 Å². The third-order valence-corrected chi connectivity index (χ3v) is 4.02. The van der Waals surface area contributed by atoms with Gasteiger partial charge in [-0.05, 0) is 45.8 Å². The Morgan fingerprint density at radius 2 is 2.05 bits per heavy atom. The van der Waals surface area contributed by atoms with Gasteiger partial charge in [-0.1, -0.05) is 18.6 Å². The second kappa shape index (κ2) is 6.70. The van der Waals surface area contributed by atoms with E-state index in [1.165, 1.54) is 19.3 Å². The number of aryl methyl sites for hydroxylation is 1. The van der Waals surface area contributed by atoms with Gasteiger partial charge in [0.1, 0.15) is 5.69 Å². The van der Waals surface area contributed by atoms with E-state index in [0.29, 0.717) is 17.3 Å².